The van der Waals surface area contributed by atoms with E-state index in [-0.39, 0.29) is 32.0 Å². The van der Waals surface area contributed by atoms with Crippen LogP contribution >= 0.6 is 7.82 Å². The van der Waals surface area contributed by atoms with Gasteiger partial charge >= 0.3 is 11.9 Å². The van der Waals surface area contributed by atoms with E-state index in [1.165, 1.54) is 141 Å². The van der Waals surface area contributed by atoms with E-state index in [0.29, 0.717) is 17.4 Å². The van der Waals surface area contributed by atoms with Crippen LogP contribution in [0.2, 0.25) is 0 Å². The molecule has 0 aliphatic rings. The molecular weight excluding hydrogens is 810 g/mol. The lowest BCUT2D eigenvalue weighted by Crippen LogP contribution is -2.37. The molecule has 0 fully saturated rings. The zero-order valence-corrected chi connectivity index (χ0v) is 42.7. The minimum absolute atomic E-state index is 0.0320. The second-order valence-electron chi connectivity index (χ2n) is 18.9. The average molecular weight is 910 g/mol. The molecule has 370 valence electrons. The zero-order valence-electron chi connectivity index (χ0n) is 41.8. The fourth-order valence-electron chi connectivity index (χ4n) is 7.27. The van der Waals surface area contributed by atoms with Gasteiger partial charge in [0, 0.05) is 12.8 Å². The summed E-state index contributed by atoms with van der Waals surface area (Å²) in [6.45, 7) is 4.23. The SMILES string of the molecule is CCCCCCC/C=C\C/C=C\CCCCCCCCCCCCCC(=O)OC(COC(=O)CCCCCCC/C=C\CCCCCCCCC)COP(=O)([O-])OCC[N+](C)(C)C. The summed E-state index contributed by atoms with van der Waals surface area (Å²) in [6, 6.07) is 0. The smallest absolute Gasteiger partial charge is 0.306 e. The number of likely N-dealkylation sites (N-methyl/N-ethyl adjacent to an activating group) is 1. The van der Waals surface area contributed by atoms with E-state index in [1.54, 1.807) is 0 Å². The first-order chi connectivity index (χ1) is 30.5. The van der Waals surface area contributed by atoms with Crippen LogP contribution in [0.15, 0.2) is 36.5 Å². The van der Waals surface area contributed by atoms with Crippen molar-refractivity contribution in [1.29, 1.82) is 0 Å². The Morgan fingerprint density at radius 3 is 1.27 bits per heavy atom. The molecular formula is C53H100NO8P. The highest BCUT2D eigenvalue weighted by Crippen LogP contribution is 2.38. The quantitative estimate of drug-likeness (QED) is 0.0195. The van der Waals surface area contributed by atoms with Crippen LogP contribution in [-0.4, -0.2) is 70.0 Å². The first-order valence-corrected chi connectivity index (χ1v) is 27.7. The van der Waals surface area contributed by atoms with Gasteiger partial charge in [-0.25, -0.2) is 0 Å². The van der Waals surface area contributed by atoms with E-state index in [1.807, 2.05) is 21.1 Å². The molecule has 0 spiro atoms. The number of nitrogens with zero attached hydrogens (tertiary/aromatic N) is 1. The third-order valence-electron chi connectivity index (χ3n) is 11.4. The van der Waals surface area contributed by atoms with Crippen LogP contribution in [0.1, 0.15) is 239 Å². The second-order valence-corrected chi connectivity index (χ2v) is 20.3. The molecule has 0 N–H and O–H groups in total. The summed E-state index contributed by atoms with van der Waals surface area (Å²) >= 11 is 0. The first-order valence-electron chi connectivity index (χ1n) is 26.2. The molecule has 2 unspecified atom stereocenters. The summed E-state index contributed by atoms with van der Waals surface area (Å²) in [5.74, 6) is -0.839. The van der Waals surface area contributed by atoms with E-state index in [4.69, 9.17) is 18.5 Å². The molecule has 63 heavy (non-hydrogen) atoms. The molecule has 0 saturated heterocycles. The summed E-state index contributed by atoms with van der Waals surface area (Å²) in [5, 5.41) is 0. The van der Waals surface area contributed by atoms with E-state index >= 15 is 0 Å². The monoisotopic (exact) mass is 910 g/mol. The van der Waals surface area contributed by atoms with Gasteiger partial charge in [-0.3, -0.25) is 14.2 Å². The Bertz CT molecular complexity index is 1170. The van der Waals surface area contributed by atoms with Gasteiger partial charge in [0.05, 0.1) is 27.7 Å². The van der Waals surface area contributed by atoms with E-state index < -0.39 is 26.5 Å². The molecule has 0 aromatic heterocycles. The first kappa shape index (κ1) is 61.2. The van der Waals surface area contributed by atoms with E-state index in [2.05, 4.69) is 50.3 Å². The number of allylic oxidation sites excluding steroid dienone is 6. The number of carbonyl (C=O) groups is 2. The fraction of sp³-hybridized carbons (Fsp3) is 0.849. The predicted octanol–water partition coefficient (Wildman–Crippen LogP) is 15.0. The standard InChI is InChI=1S/C53H100NO8P/c1-6-8-10-12-14-16-18-20-22-24-25-26-27-28-29-30-32-34-36-38-40-42-44-46-53(56)62-51(50-61-63(57,58)60-48-47-54(3,4)5)49-59-52(55)45-43-41-39-37-35-33-31-23-21-19-17-15-13-11-9-7-2/h18,20,23-25,31,51H,6-17,19,21-22,26-30,32-50H2,1-5H3/b20-18-,25-24-,31-23-. The third kappa shape index (κ3) is 49.5. The van der Waals surface area contributed by atoms with Gasteiger partial charge in [0.2, 0.25) is 0 Å². The van der Waals surface area contributed by atoms with Crippen molar-refractivity contribution in [3.63, 3.8) is 0 Å². The normalized spacial score (nSPS) is 13.7. The molecule has 0 aliphatic heterocycles. The third-order valence-corrected chi connectivity index (χ3v) is 12.3. The summed E-state index contributed by atoms with van der Waals surface area (Å²) < 4.78 is 34.1. The van der Waals surface area contributed by atoms with Gasteiger partial charge in [-0.15, -0.1) is 0 Å². The molecule has 9 nitrogen and oxygen atoms in total. The van der Waals surface area contributed by atoms with Crippen molar-refractivity contribution < 1.29 is 42.1 Å². The minimum Gasteiger partial charge on any atom is -0.756 e. The average Bonchev–Trinajstić information content (AvgIpc) is 3.24. The highest BCUT2D eigenvalue weighted by Gasteiger charge is 2.21. The van der Waals surface area contributed by atoms with E-state index in [0.717, 1.165) is 64.2 Å². The number of esters is 2. The largest absolute Gasteiger partial charge is 0.756 e. The van der Waals surface area contributed by atoms with Crippen LogP contribution in [0, 0.1) is 0 Å². The predicted molar refractivity (Wildman–Crippen MR) is 264 cm³/mol. The van der Waals surface area contributed by atoms with Crippen molar-refractivity contribution in [1.82, 2.24) is 0 Å². The second kappa shape index (κ2) is 45.4. The van der Waals surface area contributed by atoms with Crippen LogP contribution in [0.3, 0.4) is 0 Å². The molecule has 0 bridgehead atoms. The number of quaternary nitrogens is 1. The van der Waals surface area contributed by atoms with Crippen molar-refractivity contribution in [2.75, 3.05) is 47.5 Å². The molecule has 0 radical (unpaired) electrons. The summed E-state index contributed by atoms with van der Waals surface area (Å²) in [7, 11) is 1.16. The van der Waals surface area contributed by atoms with E-state index in [9.17, 15) is 19.0 Å². The molecule has 0 aromatic rings. The summed E-state index contributed by atoms with van der Waals surface area (Å²) in [4.78, 5) is 37.7. The van der Waals surface area contributed by atoms with Crippen molar-refractivity contribution >= 4 is 19.8 Å². The maximum atomic E-state index is 12.8. The van der Waals surface area contributed by atoms with Gasteiger partial charge in [0.25, 0.3) is 7.82 Å². The van der Waals surface area contributed by atoms with Gasteiger partial charge in [-0.05, 0) is 70.6 Å². The van der Waals surface area contributed by atoms with Crippen molar-refractivity contribution in [3.8, 4) is 0 Å². The number of phosphoric ester groups is 1. The molecule has 0 rings (SSSR count). The number of hydrogen-bond acceptors (Lipinski definition) is 8. The molecule has 10 heteroatoms. The molecule has 0 amide bonds. The molecule has 2 atom stereocenters. The molecule has 0 aliphatic carbocycles. The lowest BCUT2D eigenvalue weighted by Gasteiger charge is -2.28. The van der Waals surface area contributed by atoms with Crippen LogP contribution in [0.4, 0.5) is 0 Å². The Balaban J connectivity index is 4.23. The Labute approximate surface area is 389 Å². The van der Waals surface area contributed by atoms with Crippen molar-refractivity contribution in [2.45, 2.75) is 245 Å². The maximum absolute atomic E-state index is 12.8. The van der Waals surface area contributed by atoms with Gasteiger partial charge in [-0.2, -0.15) is 0 Å². The minimum atomic E-state index is -4.63. The van der Waals surface area contributed by atoms with Gasteiger partial charge in [0.1, 0.15) is 19.8 Å². The number of unbranched alkanes of at least 4 members (excludes halogenated alkanes) is 28. The van der Waals surface area contributed by atoms with Crippen LogP contribution in [0.25, 0.3) is 0 Å². The van der Waals surface area contributed by atoms with Gasteiger partial charge < -0.3 is 27.9 Å². The van der Waals surface area contributed by atoms with Gasteiger partial charge in [-0.1, -0.05) is 192 Å². The fourth-order valence-corrected chi connectivity index (χ4v) is 8.00. The van der Waals surface area contributed by atoms with Crippen molar-refractivity contribution in [3.05, 3.63) is 36.5 Å². The summed E-state index contributed by atoms with van der Waals surface area (Å²) in [5.41, 5.74) is 0. The van der Waals surface area contributed by atoms with Crippen LogP contribution < -0.4 is 4.89 Å². The van der Waals surface area contributed by atoms with Crippen LogP contribution in [-0.2, 0) is 32.7 Å². The highest BCUT2D eigenvalue weighted by molar-refractivity contribution is 7.45. The number of carbonyl (C=O) groups excluding carboxylic acids is 2. The molecule has 0 heterocycles. The molecule has 0 saturated carbocycles. The number of ether oxygens (including phenoxy) is 2. The topological polar surface area (TPSA) is 111 Å². The Morgan fingerprint density at radius 2 is 0.857 bits per heavy atom. The lowest BCUT2D eigenvalue weighted by atomic mass is 10.0. The highest BCUT2D eigenvalue weighted by atomic mass is 31.2. The lowest BCUT2D eigenvalue weighted by molar-refractivity contribution is -0.870. The Morgan fingerprint density at radius 1 is 0.492 bits per heavy atom. The van der Waals surface area contributed by atoms with Gasteiger partial charge in [0.15, 0.2) is 6.10 Å². The van der Waals surface area contributed by atoms with Crippen molar-refractivity contribution in [2.24, 2.45) is 0 Å². The number of phosphoric acid groups is 1. The Hall–Kier alpha value is -1.77. The maximum Gasteiger partial charge on any atom is 0.306 e. The van der Waals surface area contributed by atoms with Crippen LogP contribution in [0.5, 0.6) is 0 Å². The number of rotatable bonds is 48. The zero-order chi connectivity index (χ0) is 46.4. The molecule has 0 aromatic carbocycles. The Kier molecular flexibility index (Phi) is 44.1. The number of hydrogen-bond donors (Lipinski definition) is 0. The summed E-state index contributed by atoms with van der Waals surface area (Å²) in [6.07, 6.45) is 53.1.